The zero-order valence-electron chi connectivity index (χ0n) is 21.0. The Labute approximate surface area is 208 Å². The van der Waals surface area contributed by atoms with Crippen LogP contribution in [0.1, 0.15) is 81.5 Å². The number of likely N-dealkylation sites (N-methyl/N-ethyl adjacent to an activating group) is 1. The van der Waals surface area contributed by atoms with E-state index in [-0.39, 0.29) is 36.0 Å². The maximum Gasteiger partial charge on any atom is 0.257 e. The number of fused-ring (bicyclic) bond motifs is 2. The predicted molar refractivity (Wildman–Crippen MR) is 133 cm³/mol. The maximum atomic E-state index is 13.3. The van der Waals surface area contributed by atoms with E-state index >= 15 is 0 Å². The van der Waals surface area contributed by atoms with Crippen LogP contribution in [0.2, 0.25) is 0 Å². The number of rotatable bonds is 7. The topological polar surface area (TPSA) is 97.0 Å². The van der Waals surface area contributed by atoms with E-state index in [2.05, 4.69) is 10.6 Å². The van der Waals surface area contributed by atoms with Crippen molar-refractivity contribution in [2.75, 3.05) is 25.5 Å². The van der Waals surface area contributed by atoms with Gasteiger partial charge in [-0.2, -0.15) is 0 Å². The fourth-order valence-corrected chi connectivity index (χ4v) is 5.48. The summed E-state index contributed by atoms with van der Waals surface area (Å²) in [7, 11) is 1.79. The highest BCUT2D eigenvalue weighted by molar-refractivity contribution is 5.99. The van der Waals surface area contributed by atoms with Crippen LogP contribution in [0.25, 0.3) is 0 Å². The predicted octanol–water partition coefficient (Wildman–Crippen LogP) is 3.89. The number of hydrogen-bond acceptors (Lipinski definition) is 5. The molecule has 2 aliphatic heterocycles. The molecule has 2 heterocycles. The molecule has 1 aromatic carbocycles. The molecule has 8 nitrogen and oxygen atoms in total. The highest BCUT2D eigenvalue weighted by Gasteiger charge is 2.39. The first kappa shape index (κ1) is 25.5. The minimum Gasteiger partial charge on any atom is -0.490 e. The summed E-state index contributed by atoms with van der Waals surface area (Å²) in [5, 5.41) is 5.95. The monoisotopic (exact) mass is 485 g/mol. The molecule has 1 saturated heterocycles. The number of ether oxygens (including phenoxy) is 2. The van der Waals surface area contributed by atoms with Crippen molar-refractivity contribution in [3.05, 3.63) is 23.8 Å². The first-order valence-electron chi connectivity index (χ1n) is 13.2. The van der Waals surface area contributed by atoms with Gasteiger partial charge in [-0.25, -0.2) is 0 Å². The molecule has 0 radical (unpaired) electrons. The molecule has 8 heteroatoms. The van der Waals surface area contributed by atoms with Gasteiger partial charge in [0.15, 0.2) is 0 Å². The second-order valence-electron chi connectivity index (χ2n) is 10.2. The van der Waals surface area contributed by atoms with Gasteiger partial charge >= 0.3 is 0 Å². The Kier molecular flexibility index (Phi) is 8.65. The van der Waals surface area contributed by atoms with Gasteiger partial charge in [0.05, 0.1) is 24.1 Å². The zero-order chi connectivity index (χ0) is 24.8. The number of nitrogens with zero attached hydrogens (tertiary/aromatic N) is 1. The molecule has 35 heavy (non-hydrogen) atoms. The summed E-state index contributed by atoms with van der Waals surface area (Å²) in [6, 6.07) is 5.03. The lowest BCUT2D eigenvalue weighted by Gasteiger charge is -2.42. The highest BCUT2D eigenvalue weighted by atomic mass is 16.5. The van der Waals surface area contributed by atoms with Crippen molar-refractivity contribution in [1.29, 1.82) is 0 Å². The molecule has 0 aromatic heterocycles. The van der Waals surface area contributed by atoms with Crippen LogP contribution in [-0.2, 0) is 14.3 Å². The number of anilines is 1. The van der Waals surface area contributed by atoms with Gasteiger partial charge in [0, 0.05) is 25.7 Å². The summed E-state index contributed by atoms with van der Waals surface area (Å²) >= 11 is 0. The minimum atomic E-state index is -0.300. The van der Waals surface area contributed by atoms with Crippen LogP contribution in [0.3, 0.4) is 0 Å². The van der Waals surface area contributed by atoms with E-state index in [9.17, 15) is 14.4 Å². The number of hydrogen-bond donors (Lipinski definition) is 2. The average molecular weight is 486 g/mol. The Morgan fingerprint density at radius 1 is 1.09 bits per heavy atom. The van der Waals surface area contributed by atoms with Crippen LogP contribution >= 0.6 is 0 Å². The van der Waals surface area contributed by atoms with Gasteiger partial charge in [0.25, 0.3) is 5.91 Å². The van der Waals surface area contributed by atoms with Gasteiger partial charge in [-0.15, -0.1) is 0 Å². The fraction of sp³-hybridized carbons (Fsp3) is 0.667. The summed E-state index contributed by atoms with van der Waals surface area (Å²) in [5.74, 6) is 0.884. The maximum absolute atomic E-state index is 13.3. The Morgan fingerprint density at radius 3 is 2.66 bits per heavy atom. The van der Waals surface area contributed by atoms with Gasteiger partial charge in [-0.1, -0.05) is 26.2 Å². The molecule has 2 fully saturated rings. The first-order chi connectivity index (χ1) is 16.9. The second kappa shape index (κ2) is 11.9. The molecule has 1 aromatic rings. The van der Waals surface area contributed by atoms with Crippen LogP contribution in [0.5, 0.6) is 5.75 Å². The fourth-order valence-electron chi connectivity index (χ4n) is 5.48. The minimum absolute atomic E-state index is 0.0400. The molecular formula is C27H39N3O5. The van der Waals surface area contributed by atoms with E-state index in [0.717, 1.165) is 25.8 Å². The van der Waals surface area contributed by atoms with E-state index in [1.807, 2.05) is 6.92 Å². The van der Waals surface area contributed by atoms with Crippen molar-refractivity contribution < 1.29 is 23.9 Å². The van der Waals surface area contributed by atoms with E-state index in [0.29, 0.717) is 42.4 Å². The first-order valence-corrected chi connectivity index (χ1v) is 13.2. The van der Waals surface area contributed by atoms with Crippen LogP contribution < -0.4 is 15.4 Å². The van der Waals surface area contributed by atoms with Gasteiger partial charge in [-0.3, -0.25) is 14.4 Å². The molecule has 2 N–H and O–H groups in total. The lowest BCUT2D eigenvalue weighted by Crippen LogP contribution is -2.54. The van der Waals surface area contributed by atoms with Crippen molar-refractivity contribution in [3.8, 4) is 5.75 Å². The summed E-state index contributed by atoms with van der Waals surface area (Å²) < 4.78 is 12.3. The van der Waals surface area contributed by atoms with Crippen molar-refractivity contribution in [3.63, 3.8) is 0 Å². The highest BCUT2D eigenvalue weighted by Crippen LogP contribution is 2.32. The normalized spacial score (nSPS) is 24.9. The molecule has 0 unspecified atom stereocenters. The number of carbonyl (C=O) groups excluding carboxylic acids is 3. The number of nitrogens with one attached hydrogen (secondary N) is 2. The molecule has 3 atom stereocenters. The Bertz CT molecular complexity index is 914. The van der Waals surface area contributed by atoms with E-state index in [4.69, 9.17) is 9.47 Å². The van der Waals surface area contributed by atoms with E-state index in [1.165, 1.54) is 32.1 Å². The lowest BCUT2D eigenvalue weighted by atomic mass is 9.89. The van der Waals surface area contributed by atoms with Gasteiger partial charge in [0.1, 0.15) is 18.5 Å². The molecule has 192 valence electrons. The molecule has 0 spiro atoms. The lowest BCUT2D eigenvalue weighted by molar-refractivity contribution is -0.134. The summed E-state index contributed by atoms with van der Waals surface area (Å²) in [5.41, 5.74) is 1.02. The average Bonchev–Trinajstić information content (AvgIpc) is 2.86. The molecule has 1 saturated carbocycles. The third-order valence-corrected chi connectivity index (χ3v) is 7.50. The molecule has 3 aliphatic rings. The van der Waals surface area contributed by atoms with Crippen molar-refractivity contribution in [2.45, 2.75) is 89.4 Å². The molecule has 0 bridgehead atoms. The van der Waals surface area contributed by atoms with Crippen LogP contribution in [0.15, 0.2) is 18.2 Å². The third kappa shape index (κ3) is 6.54. The quantitative estimate of drug-likeness (QED) is 0.611. The number of carbonyl (C=O) groups is 3. The Balaban J connectivity index is 1.35. The van der Waals surface area contributed by atoms with Gasteiger partial charge in [0.2, 0.25) is 11.8 Å². The summed E-state index contributed by atoms with van der Waals surface area (Å²) in [6.07, 6.45) is 8.76. The molecule has 3 amide bonds. The number of amides is 3. The van der Waals surface area contributed by atoms with E-state index < -0.39 is 0 Å². The largest absolute Gasteiger partial charge is 0.490 e. The molecular weight excluding hydrogens is 446 g/mol. The third-order valence-electron chi connectivity index (χ3n) is 7.50. The second-order valence-corrected chi connectivity index (χ2v) is 10.2. The smallest absolute Gasteiger partial charge is 0.257 e. The number of benzene rings is 1. The standard InChI is InChI=1S/C27H39N3O5/c1-3-7-25(31)29-19-10-13-23-21(14-19)27(33)30(2)22-12-11-20(35-24(22)17-34-23)15-26(32)28-16-18-8-5-4-6-9-18/h10,13-14,18,20,22,24H,3-9,11-12,15-17H2,1-2H3,(H,28,32)(H,29,31)/t20-,22-,24-/m0/s1. The van der Waals surface area contributed by atoms with E-state index in [1.54, 1.807) is 30.1 Å². The van der Waals surface area contributed by atoms with Crippen LogP contribution in [0.4, 0.5) is 5.69 Å². The van der Waals surface area contributed by atoms with Gasteiger partial charge in [-0.05, 0) is 56.2 Å². The van der Waals surface area contributed by atoms with Crippen molar-refractivity contribution in [2.24, 2.45) is 5.92 Å². The molecule has 1 aliphatic carbocycles. The Hall–Kier alpha value is -2.61. The zero-order valence-corrected chi connectivity index (χ0v) is 21.0. The summed E-state index contributed by atoms with van der Waals surface area (Å²) in [4.78, 5) is 39.6. The van der Waals surface area contributed by atoms with Crippen molar-refractivity contribution >= 4 is 23.4 Å². The van der Waals surface area contributed by atoms with Gasteiger partial charge < -0.3 is 25.0 Å². The SMILES string of the molecule is CCCC(=O)Nc1ccc2c(c1)C(=O)N(C)[C@H]1CC[C@@H](CC(=O)NCC3CCCCC3)O[C@H]1CO2. The Morgan fingerprint density at radius 2 is 1.89 bits per heavy atom. The van der Waals surface area contributed by atoms with Crippen LogP contribution in [0, 0.1) is 5.92 Å². The summed E-state index contributed by atoms with van der Waals surface area (Å²) in [6.45, 7) is 3.01. The van der Waals surface area contributed by atoms with Crippen LogP contribution in [-0.4, -0.2) is 61.1 Å². The molecule has 4 rings (SSSR count). The van der Waals surface area contributed by atoms with Crippen molar-refractivity contribution in [1.82, 2.24) is 10.2 Å².